The third-order valence-corrected chi connectivity index (χ3v) is 1.65. The van der Waals surface area contributed by atoms with Crippen LogP contribution in [-0.2, 0) is 11.2 Å². The summed E-state index contributed by atoms with van der Waals surface area (Å²) in [5.74, 6) is -1.56. The summed E-state index contributed by atoms with van der Waals surface area (Å²) in [6.45, 7) is 0. The van der Waals surface area contributed by atoms with Crippen LogP contribution in [0.25, 0.3) is 0 Å². The molecule has 1 aromatic carbocycles. The molecule has 0 bridgehead atoms. The molecule has 0 heterocycles. The zero-order valence-corrected chi connectivity index (χ0v) is 11.0. The number of aliphatic carboxylic acids is 1. The van der Waals surface area contributed by atoms with Gasteiger partial charge in [-0.3, -0.25) is 0 Å². The van der Waals surface area contributed by atoms with Crippen molar-refractivity contribution in [1.82, 2.24) is 0 Å². The molecule has 4 heteroatoms. The number of aryl methyl sites for hydroxylation is 1. The summed E-state index contributed by atoms with van der Waals surface area (Å²) in [4.78, 5) is 10.4. The Morgan fingerprint density at radius 2 is 2.15 bits per heavy atom. The second-order valence-electron chi connectivity index (χ2n) is 2.17. The van der Waals surface area contributed by atoms with E-state index in [9.17, 15) is 9.90 Å². The molecule has 1 aromatic rings. The Hall–Kier alpha value is 0.616. The first-order valence-electron chi connectivity index (χ1n) is 4.49. The van der Waals surface area contributed by atoms with Crippen molar-refractivity contribution in [1.29, 1.82) is 0 Å². The van der Waals surface area contributed by atoms with Gasteiger partial charge < -0.3 is 9.90 Å². The average Bonchev–Trinajstić information content (AvgIpc) is 2.16. The molecule has 0 saturated heterocycles. The fourth-order valence-corrected chi connectivity index (χ4v) is 0.967. The van der Waals surface area contributed by atoms with Gasteiger partial charge in [0.25, 0.3) is 0 Å². The van der Waals surface area contributed by atoms with E-state index in [1.165, 1.54) is 6.07 Å². The average molecular weight is 225 g/mol. The molecule has 0 radical (unpaired) electrons. The summed E-state index contributed by atoms with van der Waals surface area (Å²) in [5.41, 5.74) is 0.332. The van der Waals surface area contributed by atoms with Crippen LogP contribution < -0.4 is 56.5 Å². The van der Waals surface area contributed by atoms with Gasteiger partial charge in [0.05, 0.1) is 0 Å². The van der Waals surface area contributed by atoms with E-state index in [4.69, 9.17) is 14.3 Å². The van der Waals surface area contributed by atoms with Crippen LogP contribution in [0, 0.1) is 0 Å². The quantitative estimate of drug-likeness (QED) is 0.559. The Kier molecular flexibility index (Phi) is 5.45. The van der Waals surface area contributed by atoms with E-state index in [0.29, 0.717) is 10.6 Å². The normalized spacial score (nSPS) is 16.1. The van der Waals surface area contributed by atoms with Gasteiger partial charge in [-0.05, 0) is 24.4 Å². The molecule has 0 aliphatic rings. The Morgan fingerprint density at radius 1 is 1.54 bits per heavy atom. The molecule has 2 nitrogen and oxygen atoms in total. The van der Waals surface area contributed by atoms with Crippen molar-refractivity contribution in [2.45, 2.75) is 12.8 Å². The number of benzene rings is 1. The number of halogens is 1. The van der Waals surface area contributed by atoms with Gasteiger partial charge in [0, 0.05) is 13.7 Å². The molecule has 13 heavy (non-hydrogen) atoms. The first-order valence-corrected chi connectivity index (χ1v) is 3.71. The van der Waals surface area contributed by atoms with Crippen LogP contribution >= 0.6 is 11.6 Å². The third kappa shape index (κ3) is 5.15. The van der Waals surface area contributed by atoms with E-state index in [2.05, 4.69) is 0 Å². The van der Waals surface area contributed by atoms with Crippen LogP contribution in [0.2, 0.25) is 5.02 Å². The second-order valence-corrected chi connectivity index (χ2v) is 2.58. The molecule has 0 spiro atoms. The maximum Gasteiger partial charge on any atom is 1.00 e. The minimum Gasteiger partial charge on any atom is -0.550 e. The number of rotatable bonds is 3. The molecule has 0 saturated carbocycles. The van der Waals surface area contributed by atoms with E-state index in [0.717, 1.165) is 0 Å². The molecule has 0 fully saturated rings. The van der Waals surface area contributed by atoms with Crippen molar-refractivity contribution in [3.63, 3.8) is 0 Å². The van der Waals surface area contributed by atoms with Gasteiger partial charge in [-0.25, -0.2) is 0 Å². The van der Waals surface area contributed by atoms with Gasteiger partial charge in [-0.15, -0.1) is 0 Å². The van der Waals surface area contributed by atoms with Gasteiger partial charge in [-0.1, -0.05) is 29.8 Å². The predicted octanol–water partition coefficient (Wildman–Crippen LogP) is -1.97. The predicted molar refractivity (Wildman–Crippen MR) is 44.8 cm³/mol. The van der Waals surface area contributed by atoms with Gasteiger partial charge >= 0.3 is 51.4 Å². The molecule has 0 amide bonds. The Balaban J connectivity index is 0.00000196. The van der Waals surface area contributed by atoms with Crippen LogP contribution in [0.3, 0.4) is 0 Å². The first kappa shape index (κ1) is 10.1. The number of carbonyl (C=O) groups is 1. The second kappa shape index (κ2) is 6.98. The van der Waals surface area contributed by atoms with E-state index < -0.39 is 18.8 Å². The smallest absolute Gasteiger partial charge is 0.550 e. The van der Waals surface area contributed by atoms with E-state index in [-0.39, 0.29) is 51.4 Å². The molecule has 0 aliphatic carbocycles. The molecule has 2 atom stereocenters. The maximum absolute atomic E-state index is 10.4. The summed E-state index contributed by atoms with van der Waals surface area (Å²) in [6.07, 6.45) is -2.83. The molecular weight excluding hydrogens is 215 g/mol. The third-order valence-electron chi connectivity index (χ3n) is 1.30. The van der Waals surface area contributed by atoms with E-state index in [1.807, 2.05) is 0 Å². The van der Waals surface area contributed by atoms with Crippen LogP contribution in [0.4, 0.5) is 0 Å². The Bertz CT molecular complexity index is 349. The number of hydrogen-bond acceptors (Lipinski definition) is 2. The van der Waals surface area contributed by atoms with Crippen molar-refractivity contribution < 1.29 is 64.0 Å². The van der Waals surface area contributed by atoms with Gasteiger partial charge in [0.15, 0.2) is 0 Å². The van der Waals surface area contributed by atoms with Gasteiger partial charge in [-0.2, -0.15) is 0 Å². The van der Waals surface area contributed by atoms with E-state index >= 15 is 0 Å². The van der Waals surface area contributed by atoms with Crippen molar-refractivity contribution in [3.8, 4) is 0 Å². The van der Waals surface area contributed by atoms with Crippen LogP contribution in [0.15, 0.2) is 24.3 Å². The minimum atomic E-state index is -1.62. The topological polar surface area (TPSA) is 40.1 Å². The van der Waals surface area contributed by atoms with Crippen molar-refractivity contribution in [2.75, 3.05) is 0 Å². The van der Waals surface area contributed by atoms with E-state index in [1.54, 1.807) is 18.2 Å². The largest absolute Gasteiger partial charge is 1.00 e. The number of carbonyl (C=O) groups excluding carboxylic acids is 1. The number of hydrogen-bond donors (Lipinski definition) is 0. The Labute approximate surface area is 128 Å². The van der Waals surface area contributed by atoms with Gasteiger partial charge in [0.1, 0.15) is 0 Å². The molecular formula is C9H8ClKO2. The van der Waals surface area contributed by atoms with Crippen molar-refractivity contribution in [3.05, 3.63) is 34.9 Å². The van der Waals surface area contributed by atoms with Crippen LogP contribution in [-0.4, -0.2) is 5.97 Å². The summed E-state index contributed by atoms with van der Waals surface area (Å²) in [7, 11) is 0. The van der Waals surface area contributed by atoms with Crippen molar-refractivity contribution >= 4 is 17.6 Å². The standard InChI is InChI=1S/C9H9ClO2.K/c10-8-4-2-1-3-7(8)5-6-9(11)12;/h1-4H,5-6H2,(H,11,12);/q;+1/p-1/i5D,6D;. The summed E-state index contributed by atoms with van der Waals surface area (Å²) < 4.78 is 14.7. The maximum atomic E-state index is 10.4. The van der Waals surface area contributed by atoms with Gasteiger partial charge in [0.2, 0.25) is 0 Å². The zero-order chi connectivity index (χ0) is 10.7. The van der Waals surface area contributed by atoms with Crippen LogP contribution in [0.5, 0.6) is 0 Å². The number of carboxylic acids is 1. The fourth-order valence-electron chi connectivity index (χ4n) is 0.768. The zero-order valence-electron chi connectivity index (χ0n) is 9.16. The fraction of sp³-hybridized carbons (Fsp3) is 0.222. The SMILES string of the molecule is [2H]C(C(=O)[O-])C([2H])c1ccccc1Cl.[K+]. The van der Waals surface area contributed by atoms with Crippen LogP contribution in [0.1, 0.15) is 14.7 Å². The molecule has 2 unspecified atom stereocenters. The number of carboxylic acid groups (broad SMARTS) is 1. The molecule has 1 rings (SSSR count). The Morgan fingerprint density at radius 3 is 2.69 bits per heavy atom. The molecule has 64 valence electrons. The minimum absolute atomic E-state index is 0. The summed E-state index contributed by atoms with van der Waals surface area (Å²) >= 11 is 5.75. The summed E-state index contributed by atoms with van der Waals surface area (Å²) in [6, 6.07) is 6.41. The molecule has 0 aliphatic heterocycles. The monoisotopic (exact) mass is 224 g/mol. The summed E-state index contributed by atoms with van der Waals surface area (Å²) in [5, 5.41) is 10.7. The van der Waals surface area contributed by atoms with Crippen molar-refractivity contribution in [2.24, 2.45) is 0 Å². The first-order chi connectivity index (χ1) is 6.54. The molecule has 0 N–H and O–H groups in total. The molecule has 0 aromatic heterocycles.